The van der Waals surface area contributed by atoms with E-state index >= 15 is 0 Å². The van der Waals surface area contributed by atoms with Gasteiger partial charge in [0.05, 0.1) is 38.4 Å². The van der Waals surface area contributed by atoms with E-state index in [4.69, 9.17) is 0 Å². The summed E-state index contributed by atoms with van der Waals surface area (Å²) < 4.78 is 13.6. The number of rotatable bonds is 9. The molecule has 6 nitrogen and oxygen atoms in total. The van der Waals surface area contributed by atoms with Crippen molar-refractivity contribution < 1.29 is 13.8 Å². The minimum Gasteiger partial charge on any atom is -0.352 e. The molecule has 1 N–H and O–H groups in total. The number of amides is 2. The fourth-order valence-corrected chi connectivity index (χ4v) is 5.99. The van der Waals surface area contributed by atoms with E-state index in [1.807, 2.05) is 26.0 Å². The summed E-state index contributed by atoms with van der Waals surface area (Å²) in [5, 5.41) is 3.00. The van der Waals surface area contributed by atoms with Crippen molar-refractivity contribution in [3.63, 3.8) is 0 Å². The van der Waals surface area contributed by atoms with Crippen LogP contribution in [0.4, 0.5) is 5.69 Å². The van der Waals surface area contributed by atoms with Crippen LogP contribution in [0.2, 0.25) is 0 Å². The molecule has 4 rings (SSSR count). The Labute approximate surface area is 222 Å². The summed E-state index contributed by atoms with van der Waals surface area (Å²) in [5.74, 6) is -0.422. The van der Waals surface area contributed by atoms with Gasteiger partial charge in [-0.25, -0.2) is 4.21 Å². The van der Waals surface area contributed by atoms with Crippen molar-refractivity contribution in [2.45, 2.75) is 50.5 Å². The van der Waals surface area contributed by atoms with Gasteiger partial charge in [-0.05, 0) is 81.4 Å². The summed E-state index contributed by atoms with van der Waals surface area (Å²) in [6.07, 6.45) is 0.856. The predicted molar refractivity (Wildman–Crippen MR) is 149 cm³/mol. The van der Waals surface area contributed by atoms with Crippen LogP contribution < -0.4 is 10.2 Å². The highest BCUT2D eigenvalue weighted by atomic mass is 32.2. The highest BCUT2D eigenvalue weighted by Crippen LogP contribution is 2.36. The van der Waals surface area contributed by atoms with Crippen LogP contribution >= 0.6 is 0 Å². The van der Waals surface area contributed by atoms with Gasteiger partial charge in [-0.2, -0.15) is 0 Å². The molecule has 1 aliphatic heterocycles. The second-order valence-corrected chi connectivity index (χ2v) is 10.8. The predicted octanol–water partition coefficient (Wildman–Crippen LogP) is 5.09. The maximum atomic E-state index is 13.8. The first-order valence-corrected chi connectivity index (χ1v) is 14.0. The summed E-state index contributed by atoms with van der Waals surface area (Å²) in [6, 6.07) is 18.3. The standard InChI is InChI=1S/C30H35N3O3S/c1-5-32(6-2)17-9-16-31-29(34)23-14-15-28-26(19-23)33(20-24-18-21(3)12-13-22(24)4)30(35)25-10-7-8-11-27(25)37(28)36/h7-8,10-15,18-19H,5-6,9,16-17,20H2,1-4H3,(H,31,34)/t37-/m1/s1. The smallest absolute Gasteiger partial charge is 0.259 e. The van der Waals surface area contributed by atoms with Crippen LogP contribution in [0.1, 0.15) is 57.7 Å². The first-order valence-electron chi connectivity index (χ1n) is 12.9. The Morgan fingerprint density at radius 1 is 0.973 bits per heavy atom. The minimum absolute atomic E-state index is 0.200. The van der Waals surface area contributed by atoms with Gasteiger partial charge in [0.1, 0.15) is 0 Å². The summed E-state index contributed by atoms with van der Waals surface area (Å²) >= 11 is 0. The number of carbonyl (C=O) groups is 2. The highest BCUT2D eigenvalue weighted by Gasteiger charge is 2.31. The van der Waals surface area contributed by atoms with Crippen molar-refractivity contribution in [3.05, 3.63) is 88.5 Å². The normalized spacial score (nSPS) is 14.8. The van der Waals surface area contributed by atoms with Crippen molar-refractivity contribution in [2.75, 3.05) is 31.1 Å². The van der Waals surface area contributed by atoms with E-state index in [9.17, 15) is 13.8 Å². The van der Waals surface area contributed by atoms with Crippen molar-refractivity contribution in [1.82, 2.24) is 10.2 Å². The van der Waals surface area contributed by atoms with E-state index in [0.717, 1.165) is 42.7 Å². The number of hydrogen-bond donors (Lipinski definition) is 1. The Kier molecular flexibility index (Phi) is 8.56. The van der Waals surface area contributed by atoms with E-state index < -0.39 is 10.8 Å². The Morgan fingerprint density at radius 3 is 2.49 bits per heavy atom. The van der Waals surface area contributed by atoms with Crippen molar-refractivity contribution in [3.8, 4) is 0 Å². The second-order valence-electron chi connectivity index (χ2n) is 9.40. The molecule has 3 aromatic carbocycles. The molecule has 0 radical (unpaired) electrons. The summed E-state index contributed by atoms with van der Waals surface area (Å²) in [4.78, 5) is 31.9. The molecule has 0 saturated carbocycles. The number of hydrogen-bond acceptors (Lipinski definition) is 4. The molecule has 2 amide bonds. The molecule has 0 aliphatic carbocycles. The zero-order valence-electron chi connectivity index (χ0n) is 22.0. The third kappa shape index (κ3) is 5.84. The molecule has 37 heavy (non-hydrogen) atoms. The van der Waals surface area contributed by atoms with E-state index in [1.54, 1.807) is 47.4 Å². The molecule has 7 heteroatoms. The quantitative estimate of drug-likeness (QED) is 0.402. The van der Waals surface area contributed by atoms with Crippen molar-refractivity contribution in [1.29, 1.82) is 0 Å². The van der Waals surface area contributed by atoms with Crippen LogP contribution in [0.15, 0.2) is 70.5 Å². The first-order chi connectivity index (χ1) is 17.8. The lowest BCUT2D eigenvalue weighted by atomic mass is 10.0. The van der Waals surface area contributed by atoms with Crippen LogP contribution in [0, 0.1) is 13.8 Å². The van der Waals surface area contributed by atoms with Crippen molar-refractivity contribution in [2.24, 2.45) is 0 Å². The lowest BCUT2D eigenvalue weighted by Crippen LogP contribution is -2.32. The molecule has 194 valence electrons. The number of fused-ring (bicyclic) bond motifs is 2. The molecule has 0 aromatic heterocycles. The highest BCUT2D eigenvalue weighted by molar-refractivity contribution is 7.85. The molecule has 0 bridgehead atoms. The second kappa shape index (κ2) is 11.8. The van der Waals surface area contributed by atoms with Gasteiger partial charge in [0, 0.05) is 12.1 Å². The van der Waals surface area contributed by atoms with Gasteiger partial charge in [-0.1, -0.05) is 49.7 Å². The zero-order chi connectivity index (χ0) is 26.5. The fourth-order valence-electron chi connectivity index (χ4n) is 4.65. The third-order valence-corrected chi connectivity index (χ3v) is 8.44. The number of anilines is 1. The molecule has 0 spiro atoms. The monoisotopic (exact) mass is 517 g/mol. The van der Waals surface area contributed by atoms with E-state index in [1.165, 1.54) is 0 Å². The van der Waals surface area contributed by atoms with E-state index in [-0.39, 0.29) is 11.8 Å². The molecular weight excluding hydrogens is 482 g/mol. The maximum absolute atomic E-state index is 13.8. The fraction of sp³-hybridized carbons (Fsp3) is 0.333. The number of carbonyl (C=O) groups excluding carboxylic acids is 2. The summed E-state index contributed by atoms with van der Waals surface area (Å²) in [7, 11) is -1.55. The van der Waals surface area contributed by atoms with Gasteiger partial charge in [0.15, 0.2) is 0 Å². The minimum atomic E-state index is -1.55. The SMILES string of the molecule is CCN(CC)CCCNC(=O)c1ccc2c(c1)N(Cc1cc(C)ccc1C)C(=O)c1ccccc1[S@]2=O. The lowest BCUT2D eigenvalue weighted by molar-refractivity contribution is 0.0948. The van der Waals surface area contributed by atoms with Gasteiger partial charge in [0.25, 0.3) is 11.8 Å². The molecule has 0 saturated heterocycles. The number of nitrogens with one attached hydrogen (secondary N) is 1. The third-order valence-electron chi connectivity index (χ3n) is 6.94. The lowest BCUT2D eigenvalue weighted by Gasteiger charge is -2.24. The van der Waals surface area contributed by atoms with Crippen molar-refractivity contribution >= 4 is 28.3 Å². The molecule has 0 fully saturated rings. The van der Waals surface area contributed by atoms with Gasteiger partial charge in [0.2, 0.25) is 0 Å². The van der Waals surface area contributed by atoms with Gasteiger partial charge < -0.3 is 15.1 Å². The van der Waals surface area contributed by atoms with Crippen LogP contribution in [0.25, 0.3) is 0 Å². The molecule has 1 atom stereocenters. The Balaban J connectivity index is 1.68. The largest absolute Gasteiger partial charge is 0.352 e. The van der Waals surface area contributed by atoms with E-state index in [2.05, 4.69) is 30.1 Å². The number of aryl methyl sites for hydroxylation is 2. The molecule has 1 aliphatic rings. The Morgan fingerprint density at radius 2 is 1.73 bits per heavy atom. The summed E-state index contributed by atoms with van der Waals surface area (Å²) in [5.41, 5.74) is 4.56. The van der Waals surface area contributed by atoms with Gasteiger partial charge in [-0.3, -0.25) is 9.59 Å². The molecule has 3 aromatic rings. The van der Waals surface area contributed by atoms with Gasteiger partial charge in [-0.15, -0.1) is 0 Å². The molecule has 0 unspecified atom stereocenters. The summed E-state index contributed by atoms with van der Waals surface area (Å²) in [6.45, 7) is 12.1. The van der Waals surface area contributed by atoms with Crippen LogP contribution in [-0.2, 0) is 17.3 Å². The van der Waals surface area contributed by atoms with Crippen LogP contribution in [-0.4, -0.2) is 47.1 Å². The van der Waals surface area contributed by atoms with Gasteiger partial charge >= 0.3 is 0 Å². The first kappa shape index (κ1) is 26.8. The average Bonchev–Trinajstić information content (AvgIpc) is 3.00. The maximum Gasteiger partial charge on any atom is 0.259 e. The average molecular weight is 518 g/mol. The Bertz CT molecular complexity index is 1330. The molecule has 1 heterocycles. The topological polar surface area (TPSA) is 69.7 Å². The van der Waals surface area contributed by atoms with Crippen LogP contribution in [0.3, 0.4) is 0 Å². The number of nitrogens with zero attached hydrogens (tertiary/aromatic N) is 2. The van der Waals surface area contributed by atoms with E-state index in [0.29, 0.717) is 39.7 Å². The van der Waals surface area contributed by atoms with Crippen LogP contribution in [0.5, 0.6) is 0 Å². The zero-order valence-corrected chi connectivity index (χ0v) is 22.9. The Hall–Kier alpha value is -3.29. The number of benzene rings is 3. The molecular formula is C30H35N3O3S.